The highest BCUT2D eigenvalue weighted by atomic mass is 32.2. The van der Waals surface area contributed by atoms with Crippen LogP contribution in [-0.4, -0.2) is 59.2 Å². The zero-order chi connectivity index (χ0) is 24.5. The molecule has 34 heavy (non-hydrogen) atoms. The highest BCUT2D eigenvalue weighted by molar-refractivity contribution is 8.04. The van der Waals surface area contributed by atoms with Gasteiger partial charge in [-0.15, -0.1) is 0 Å². The molecule has 0 amide bonds. The number of aliphatic imine (C=N–C) groups is 1. The lowest BCUT2D eigenvalue weighted by Crippen LogP contribution is -2.24. The fourth-order valence-corrected chi connectivity index (χ4v) is 5.17. The normalized spacial score (nSPS) is 22.5. The van der Waals surface area contributed by atoms with Crippen LogP contribution in [0.3, 0.4) is 0 Å². The molecule has 1 atom stereocenters. The number of likely N-dealkylation sites (N-methyl/N-ethyl adjacent to an activating group) is 1. The Morgan fingerprint density at radius 3 is 2.91 bits per heavy atom. The van der Waals surface area contributed by atoms with Crippen molar-refractivity contribution in [3.63, 3.8) is 0 Å². The Labute approximate surface area is 200 Å². The second kappa shape index (κ2) is 9.73. The lowest BCUT2D eigenvalue weighted by Gasteiger charge is -2.19. The highest BCUT2D eigenvalue weighted by Crippen LogP contribution is 2.55. The molecule has 1 aliphatic heterocycles. The number of halogens is 2. The van der Waals surface area contributed by atoms with Crippen molar-refractivity contribution in [2.24, 2.45) is 10.7 Å². The number of hydrogen-bond acceptors (Lipinski definition) is 9. The van der Waals surface area contributed by atoms with E-state index in [4.69, 9.17) is 15.0 Å². The summed E-state index contributed by atoms with van der Waals surface area (Å²) in [5.74, 6) is 0.0483. The first-order valence-corrected chi connectivity index (χ1v) is 11.8. The maximum atomic E-state index is 13.7. The van der Waals surface area contributed by atoms with Gasteiger partial charge in [0, 0.05) is 13.2 Å². The van der Waals surface area contributed by atoms with E-state index >= 15 is 0 Å². The van der Waals surface area contributed by atoms with E-state index in [2.05, 4.69) is 34.2 Å². The predicted molar refractivity (Wildman–Crippen MR) is 126 cm³/mol. The van der Waals surface area contributed by atoms with Gasteiger partial charge in [0.2, 0.25) is 0 Å². The summed E-state index contributed by atoms with van der Waals surface area (Å²) in [6.07, 6.45) is 7.93. The van der Waals surface area contributed by atoms with Crippen molar-refractivity contribution in [3.05, 3.63) is 52.2 Å². The fourth-order valence-electron chi connectivity index (χ4n) is 4.10. The predicted octanol–water partition coefficient (Wildman–Crippen LogP) is 3.79. The quantitative estimate of drug-likeness (QED) is 0.432. The molecule has 0 bridgehead atoms. The fraction of sp³-hybridized carbons (Fsp3) is 0.478. The Hall–Kier alpha value is -2.95. The van der Waals surface area contributed by atoms with Crippen LogP contribution < -0.4 is 5.73 Å². The van der Waals surface area contributed by atoms with Crippen molar-refractivity contribution in [3.8, 4) is 0 Å². The van der Waals surface area contributed by atoms with E-state index in [-0.39, 0.29) is 28.9 Å². The largest absolute Gasteiger partial charge is 0.465 e. The minimum absolute atomic E-state index is 0.00493. The molecule has 1 saturated carbocycles. The Kier molecular flexibility index (Phi) is 6.92. The number of methoxy groups -OCH3 is 1. The first kappa shape index (κ1) is 24.2. The molecule has 1 fully saturated rings. The minimum atomic E-state index is -2.85. The van der Waals surface area contributed by atoms with Crippen LogP contribution in [0.2, 0.25) is 0 Å². The molecular formula is C23H27F2N5O3S. The van der Waals surface area contributed by atoms with Gasteiger partial charge in [-0.1, -0.05) is 34.6 Å². The summed E-state index contributed by atoms with van der Waals surface area (Å²) >= 11 is 1.20. The topological polar surface area (TPSA) is 107 Å². The van der Waals surface area contributed by atoms with Gasteiger partial charge < -0.3 is 19.9 Å². The zero-order valence-corrected chi connectivity index (χ0v) is 20.1. The maximum Gasteiger partial charge on any atom is 0.345 e. The van der Waals surface area contributed by atoms with E-state index in [9.17, 15) is 13.6 Å². The van der Waals surface area contributed by atoms with Crippen LogP contribution in [0.4, 0.5) is 8.78 Å². The van der Waals surface area contributed by atoms with Crippen molar-refractivity contribution in [1.82, 2.24) is 15.0 Å². The molecule has 1 unspecified atom stereocenters. The van der Waals surface area contributed by atoms with Gasteiger partial charge in [0.05, 0.1) is 30.1 Å². The standard InChI is InChI=1S/C23H27F2N5O3S/c1-13-6-4-5-7-14(13)23(8-9-23)22-28-20(33-29-22)15(26)10-16(19(24)25)27-11-18-30(2)12-17(34-18)21(31)32-3/h5,7,10,12,18-19H,4,6,8-9,11,26H2,1-3H3/b15-10-,27-16?. The van der Waals surface area contributed by atoms with E-state index in [0.717, 1.165) is 31.8 Å². The molecule has 2 heterocycles. The van der Waals surface area contributed by atoms with Gasteiger partial charge in [-0.2, -0.15) is 4.98 Å². The number of nitrogens with two attached hydrogens (primary N) is 1. The Balaban J connectivity index is 1.49. The lowest BCUT2D eigenvalue weighted by molar-refractivity contribution is -0.135. The molecule has 1 aromatic heterocycles. The molecule has 2 N–H and O–H groups in total. The average Bonchev–Trinajstić information content (AvgIpc) is 3.29. The SMILES string of the molecule is COC(=O)C1=CN(C)C(CN=C(/C=C(\N)c2nc(C3(C4=C(C)CCC=C4)CC3)no2)C(F)F)S1. The second-order valence-corrected chi connectivity index (χ2v) is 9.75. The summed E-state index contributed by atoms with van der Waals surface area (Å²) in [6.45, 7) is 2.14. The third-order valence-electron chi connectivity index (χ3n) is 6.18. The highest BCUT2D eigenvalue weighted by Gasteiger charge is 2.51. The van der Waals surface area contributed by atoms with Gasteiger partial charge in [-0.3, -0.25) is 4.99 Å². The molecule has 11 heteroatoms. The van der Waals surface area contributed by atoms with Gasteiger partial charge in [-0.25, -0.2) is 13.6 Å². The summed E-state index contributed by atoms with van der Waals surface area (Å²) in [7, 11) is 3.03. The first-order valence-electron chi connectivity index (χ1n) is 10.9. The van der Waals surface area contributed by atoms with Crippen molar-refractivity contribution in [2.75, 3.05) is 20.7 Å². The summed E-state index contributed by atoms with van der Waals surface area (Å²) in [5.41, 5.74) is 7.72. The second-order valence-electron chi connectivity index (χ2n) is 8.53. The molecule has 182 valence electrons. The zero-order valence-electron chi connectivity index (χ0n) is 19.3. The van der Waals surface area contributed by atoms with Crippen LogP contribution in [0.15, 0.2) is 50.0 Å². The molecular weight excluding hydrogens is 464 g/mol. The number of carbonyl (C=O) groups excluding carboxylic acids is 1. The lowest BCUT2D eigenvalue weighted by atomic mass is 9.86. The number of allylic oxidation sites excluding steroid dienone is 5. The van der Waals surface area contributed by atoms with Crippen molar-refractivity contribution in [2.45, 2.75) is 49.8 Å². The third kappa shape index (κ3) is 4.79. The number of carbonyl (C=O) groups is 1. The summed E-state index contributed by atoms with van der Waals surface area (Å²) in [5, 5.41) is 3.80. The van der Waals surface area contributed by atoms with Crippen molar-refractivity contribution >= 4 is 29.1 Å². The van der Waals surface area contributed by atoms with Crippen LogP contribution in [-0.2, 0) is 14.9 Å². The van der Waals surface area contributed by atoms with Crippen LogP contribution in [0.5, 0.6) is 0 Å². The van der Waals surface area contributed by atoms with E-state index in [1.165, 1.54) is 30.0 Å². The number of alkyl halides is 2. The number of aromatic nitrogens is 2. The van der Waals surface area contributed by atoms with Gasteiger partial charge in [0.15, 0.2) is 5.82 Å². The minimum Gasteiger partial charge on any atom is -0.465 e. The Morgan fingerprint density at radius 2 is 2.26 bits per heavy atom. The maximum absolute atomic E-state index is 13.7. The molecule has 4 rings (SSSR count). The molecule has 0 aromatic carbocycles. The number of rotatable bonds is 8. The van der Waals surface area contributed by atoms with Crippen molar-refractivity contribution < 1.29 is 22.8 Å². The number of nitrogens with zero attached hydrogens (tertiary/aromatic N) is 4. The molecule has 0 radical (unpaired) electrons. The number of esters is 1. The van der Waals surface area contributed by atoms with Crippen molar-refractivity contribution in [1.29, 1.82) is 0 Å². The van der Waals surface area contributed by atoms with E-state index in [1.54, 1.807) is 18.1 Å². The Morgan fingerprint density at radius 1 is 1.50 bits per heavy atom. The molecule has 8 nitrogen and oxygen atoms in total. The van der Waals surface area contributed by atoms with E-state index < -0.39 is 18.1 Å². The Bertz CT molecular complexity index is 1120. The van der Waals surface area contributed by atoms with Crippen LogP contribution in [0.1, 0.15) is 44.3 Å². The summed E-state index contributed by atoms with van der Waals surface area (Å²) in [4.78, 5) is 22.3. The number of hydrogen-bond donors (Lipinski definition) is 1. The van der Waals surface area contributed by atoms with Crippen LogP contribution >= 0.6 is 11.8 Å². The number of thioether (sulfide) groups is 1. The monoisotopic (exact) mass is 491 g/mol. The van der Waals surface area contributed by atoms with Crippen LogP contribution in [0, 0.1) is 0 Å². The van der Waals surface area contributed by atoms with Gasteiger partial charge in [0.1, 0.15) is 10.6 Å². The third-order valence-corrected chi connectivity index (χ3v) is 7.46. The molecule has 0 saturated heterocycles. The van der Waals surface area contributed by atoms with Crippen LogP contribution in [0.25, 0.3) is 5.70 Å². The van der Waals surface area contributed by atoms with Gasteiger partial charge in [0.25, 0.3) is 12.3 Å². The van der Waals surface area contributed by atoms with Gasteiger partial charge in [-0.05, 0) is 44.3 Å². The summed E-state index contributed by atoms with van der Waals surface area (Å²) < 4.78 is 37.4. The average molecular weight is 492 g/mol. The smallest absolute Gasteiger partial charge is 0.345 e. The number of ether oxygens (including phenoxy) is 1. The first-order chi connectivity index (χ1) is 16.2. The summed E-state index contributed by atoms with van der Waals surface area (Å²) in [6, 6.07) is 0. The van der Waals surface area contributed by atoms with Gasteiger partial charge >= 0.3 is 5.97 Å². The molecule has 1 aromatic rings. The molecule has 2 aliphatic carbocycles. The molecule has 3 aliphatic rings. The van der Waals surface area contributed by atoms with E-state index in [1.807, 2.05) is 0 Å². The van der Waals surface area contributed by atoms with E-state index in [0.29, 0.717) is 10.7 Å². The molecule has 0 spiro atoms.